The Balaban J connectivity index is 0. The van der Waals surface area contributed by atoms with Crippen molar-refractivity contribution in [3.8, 4) is 0 Å². The molecule has 1 N–H and O–H groups in total. The zero-order valence-corrected chi connectivity index (χ0v) is 9.00. The highest BCUT2D eigenvalue weighted by molar-refractivity contribution is 6.55. The topological polar surface area (TPSA) is 37.3 Å². The van der Waals surface area contributed by atoms with Gasteiger partial charge in [0.05, 0.1) is 0 Å². The first-order valence-corrected chi connectivity index (χ1v) is 6.93. The van der Waals surface area contributed by atoms with Crippen LogP contribution in [0.4, 0.5) is 0 Å². The highest BCUT2D eigenvalue weighted by atomic mass is 28.3. The second-order valence-electron chi connectivity index (χ2n) is 2.89. The Morgan fingerprint density at radius 1 is 1.55 bits per heavy atom. The van der Waals surface area contributed by atoms with E-state index < -0.39 is 5.97 Å². The van der Waals surface area contributed by atoms with Crippen LogP contribution in [0, 0.1) is 0 Å². The van der Waals surface area contributed by atoms with Gasteiger partial charge in [0.1, 0.15) is 0 Å². The number of hydrogen-bond acceptors (Lipinski definition) is 1. The van der Waals surface area contributed by atoms with Crippen LogP contribution >= 0.6 is 0 Å². The highest BCUT2D eigenvalue weighted by Gasteiger charge is 1.90. The van der Waals surface area contributed by atoms with Crippen LogP contribution in [0.15, 0.2) is 12.2 Å². The summed E-state index contributed by atoms with van der Waals surface area (Å²) >= 11 is 0. The molecular formula is C8H18O2Si. The molecule has 0 atom stereocenters. The number of rotatable bonds is 2. The molecule has 0 rings (SSSR count). The lowest BCUT2D eigenvalue weighted by atomic mass is 10.4. The Bertz CT molecular complexity index is 118. The molecule has 11 heavy (non-hydrogen) atoms. The van der Waals surface area contributed by atoms with Gasteiger partial charge in [0.2, 0.25) is 0 Å². The molecule has 0 amide bonds. The predicted molar refractivity (Wildman–Crippen MR) is 51.8 cm³/mol. The van der Waals surface area contributed by atoms with Crippen LogP contribution in [0.2, 0.25) is 19.1 Å². The molecule has 0 heterocycles. The first-order chi connectivity index (χ1) is 4.91. The minimum absolute atomic E-state index is 0.150. The minimum Gasteiger partial charge on any atom is -0.478 e. The molecule has 0 spiro atoms. The van der Waals surface area contributed by atoms with Crippen molar-refractivity contribution in [1.82, 2.24) is 0 Å². The van der Waals surface area contributed by atoms with Crippen LogP contribution in [-0.4, -0.2) is 19.9 Å². The summed E-state index contributed by atoms with van der Waals surface area (Å²) in [5.41, 5.74) is 0.176. The number of carboxylic acid groups (broad SMARTS) is 1. The summed E-state index contributed by atoms with van der Waals surface area (Å²) in [5.74, 6) is -0.935. The molecule has 0 aromatic heterocycles. The smallest absolute Gasteiger partial charge is 0.330 e. The fourth-order valence-electron chi connectivity index (χ4n) is 0. The SMILES string of the molecule is C=C(C)C(=O)O.CC[SiH](C)C. The second-order valence-corrected chi connectivity index (χ2v) is 6.49. The van der Waals surface area contributed by atoms with Crippen molar-refractivity contribution in [2.24, 2.45) is 0 Å². The van der Waals surface area contributed by atoms with E-state index in [0.29, 0.717) is 0 Å². The number of carbonyl (C=O) groups is 1. The van der Waals surface area contributed by atoms with Gasteiger partial charge in [-0.2, -0.15) is 0 Å². The molecule has 0 unspecified atom stereocenters. The van der Waals surface area contributed by atoms with E-state index in [4.69, 9.17) is 5.11 Å². The van der Waals surface area contributed by atoms with E-state index >= 15 is 0 Å². The van der Waals surface area contributed by atoms with Crippen molar-refractivity contribution in [2.45, 2.75) is 33.0 Å². The average Bonchev–Trinajstić information content (AvgIpc) is 1.89. The third-order valence-corrected chi connectivity index (χ3v) is 2.81. The zero-order chi connectivity index (χ0) is 9.44. The molecule has 0 aliphatic heterocycles. The first-order valence-electron chi connectivity index (χ1n) is 3.80. The number of hydrogen-bond donors (Lipinski definition) is 1. The highest BCUT2D eigenvalue weighted by Crippen LogP contribution is 1.83. The maximum Gasteiger partial charge on any atom is 0.330 e. The molecule has 0 aliphatic rings. The van der Waals surface area contributed by atoms with E-state index in [1.54, 1.807) is 0 Å². The van der Waals surface area contributed by atoms with Crippen LogP contribution in [0.25, 0.3) is 0 Å². The fourth-order valence-corrected chi connectivity index (χ4v) is 0. The average molecular weight is 174 g/mol. The second kappa shape index (κ2) is 7.53. The van der Waals surface area contributed by atoms with E-state index in [0.717, 1.165) is 0 Å². The molecule has 66 valence electrons. The van der Waals surface area contributed by atoms with E-state index in [9.17, 15) is 4.79 Å². The number of aliphatic carboxylic acids is 1. The standard InChI is InChI=1S/C4H6O2.C4H12Si/c1-3(2)4(5)6;1-4-5(2)3/h1H2,2H3,(H,5,6);5H,4H2,1-3H3. The number of carboxylic acids is 1. The van der Waals surface area contributed by atoms with Gasteiger partial charge in [-0.1, -0.05) is 32.6 Å². The molecule has 0 aromatic rings. The maximum absolute atomic E-state index is 9.60. The Kier molecular flexibility index (Phi) is 8.94. The molecule has 2 nitrogen and oxygen atoms in total. The van der Waals surface area contributed by atoms with Crippen molar-refractivity contribution >= 4 is 14.8 Å². The van der Waals surface area contributed by atoms with Crippen LogP contribution in [0.5, 0.6) is 0 Å². The third-order valence-electron chi connectivity index (χ3n) is 1.18. The Morgan fingerprint density at radius 2 is 1.73 bits per heavy atom. The minimum atomic E-state index is -0.935. The largest absolute Gasteiger partial charge is 0.478 e. The van der Waals surface area contributed by atoms with Crippen molar-refractivity contribution < 1.29 is 9.90 Å². The molecule has 0 radical (unpaired) electrons. The molecule has 0 saturated heterocycles. The van der Waals surface area contributed by atoms with Crippen molar-refractivity contribution in [3.63, 3.8) is 0 Å². The van der Waals surface area contributed by atoms with Gasteiger partial charge in [-0.25, -0.2) is 4.79 Å². The van der Waals surface area contributed by atoms with Crippen molar-refractivity contribution in [1.29, 1.82) is 0 Å². The van der Waals surface area contributed by atoms with Gasteiger partial charge < -0.3 is 5.11 Å². The quantitative estimate of drug-likeness (QED) is 0.514. The fraction of sp³-hybridized carbons (Fsp3) is 0.625. The van der Waals surface area contributed by atoms with Gasteiger partial charge in [0, 0.05) is 14.4 Å². The summed E-state index contributed by atoms with van der Waals surface area (Å²) in [6.07, 6.45) is 0. The Morgan fingerprint density at radius 3 is 1.73 bits per heavy atom. The Labute approximate surface area is 70.5 Å². The molecular weight excluding hydrogens is 156 g/mol. The van der Waals surface area contributed by atoms with Gasteiger partial charge in [0.25, 0.3) is 0 Å². The third kappa shape index (κ3) is 17.7. The van der Waals surface area contributed by atoms with Crippen molar-refractivity contribution in [3.05, 3.63) is 12.2 Å². The monoisotopic (exact) mass is 174 g/mol. The molecule has 0 aromatic carbocycles. The normalized spacial score (nSPS) is 8.45. The van der Waals surface area contributed by atoms with Gasteiger partial charge >= 0.3 is 5.97 Å². The van der Waals surface area contributed by atoms with Crippen LogP contribution in [0.3, 0.4) is 0 Å². The van der Waals surface area contributed by atoms with Crippen LogP contribution < -0.4 is 0 Å². The molecule has 0 saturated carbocycles. The lowest BCUT2D eigenvalue weighted by molar-refractivity contribution is -0.132. The van der Waals surface area contributed by atoms with Crippen molar-refractivity contribution in [2.75, 3.05) is 0 Å². The lowest BCUT2D eigenvalue weighted by Gasteiger charge is -1.87. The van der Waals surface area contributed by atoms with Gasteiger partial charge in [-0.3, -0.25) is 0 Å². The van der Waals surface area contributed by atoms with E-state index in [2.05, 4.69) is 26.6 Å². The van der Waals surface area contributed by atoms with E-state index in [1.165, 1.54) is 13.0 Å². The lowest BCUT2D eigenvalue weighted by Crippen LogP contribution is -1.92. The van der Waals surface area contributed by atoms with Crippen LogP contribution in [-0.2, 0) is 4.79 Å². The predicted octanol–water partition coefficient (Wildman–Crippen LogP) is 2.14. The molecule has 0 bridgehead atoms. The molecule has 0 aliphatic carbocycles. The Hall–Kier alpha value is -0.573. The molecule has 0 fully saturated rings. The summed E-state index contributed by atoms with van der Waals surface area (Å²) in [7, 11) is -0.150. The summed E-state index contributed by atoms with van der Waals surface area (Å²) in [4.78, 5) is 9.60. The summed E-state index contributed by atoms with van der Waals surface area (Å²) < 4.78 is 0. The first kappa shape index (κ1) is 13.0. The van der Waals surface area contributed by atoms with Gasteiger partial charge in [-0.15, -0.1) is 0 Å². The van der Waals surface area contributed by atoms with Gasteiger partial charge in [-0.05, 0) is 6.92 Å². The van der Waals surface area contributed by atoms with E-state index in [1.807, 2.05) is 0 Å². The molecule has 3 heteroatoms. The summed E-state index contributed by atoms with van der Waals surface area (Å²) in [6.45, 7) is 11.6. The van der Waals surface area contributed by atoms with E-state index in [-0.39, 0.29) is 14.4 Å². The summed E-state index contributed by atoms with van der Waals surface area (Å²) in [5, 5.41) is 7.89. The van der Waals surface area contributed by atoms with Gasteiger partial charge in [0.15, 0.2) is 0 Å². The zero-order valence-electron chi connectivity index (χ0n) is 7.85. The maximum atomic E-state index is 9.60. The summed E-state index contributed by atoms with van der Waals surface area (Å²) in [6, 6.07) is 1.44. The van der Waals surface area contributed by atoms with Crippen LogP contribution in [0.1, 0.15) is 13.8 Å².